The van der Waals surface area contributed by atoms with Crippen molar-refractivity contribution in [2.24, 2.45) is 0 Å². The highest BCUT2D eigenvalue weighted by molar-refractivity contribution is 5.87. The molecule has 0 saturated heterocycles. The summed E-state index contributed by atoms with van der Waals surface area (Å²) in [5, 5.41) is 14.7. The summed E-state index contributed by atoms with van der Waals surface area (Å²) in [6, 6.07) is 15.8. The van der Waals surface area contributed by atoms with Gasteiger partial charge in [-0.2, -0.15) is 0 Å². The van der Waals surface area contributed by atoms with Crippen LogP contribution in [0.25, 0.3) is 0 Å². The number of aryl methyl sites for hydroxylation is 1. The van der Waals surface area contributed by atoms with Crippen molar-refractivity contribution in [1.29, 1.82) is 0 Å². The maximum Gasteiger partial charge on any atom is 0.326 e. The number of aliphatic carboxylic acids is 1. The molecule has 0 bridgehead atoms. The predicted molar refractivity (Wildman–Crippen MR) is 107 cm³/mol. The van der Waals surface area contributed by atoms with E-state index in [9.17, 15) is 19.5 Å². The van der Waals surface area contributed by atoms with Crippen LogP contribution < -0.4 is 10.6 Å². The van der Waals surface area contributed by atoms with Gasteiger partial charge in [-0.25, -0.2) is 4.79 Å². The number of carbonyl (C=O) groups is 3. The molecule has 2 amide bonds. The molecule has 2 aromatic rings. The van der Waals surface area contributed by atoms with Crippen LogP contribution in [0.1, 0.15) is 42.5 Å². The molecule has 0 aliphatic heterocycles. The minimum Gasteiger partial charge on any atom is -0.480 e. The van der Waals surface area contributed by atoms with Gasteiger partial charge in [-0.05, 0) is 25.0 Å². The zero-order valence-electron chi connectivity index (χ0n) is 16.1. The van der Waals surface area contributed by atoms with Crippen LogP contribution in [0.4, 0.5) is 0 Å². The smallest absolute Gasteiger partial charge is 0.326 e. The van der Waals surface area contributed by atoms with Crippen LogP contribution in [0.2, 0.25) is 0 Å². The Bertz CT molecular complexity index is 820. The van der Waals surface area contributed by atoms with Gasteiger partial charge in [0.2, 0.25) is 11.8 Å². The van der Waals surface area contributed by atoms with Crippen molar-refractivity contribution in [3.63, 3.8) is 0 Å². The molecule has 148 valence electrons. The monoisotopic (exact) mass is 382 g/mol. The second kappa shape index (κ2) is 10.3. The normalized spacial score (nSPS) is 12.6. The van der Waals surface area contributed by atoms with Crippen molar-refractivity contribution in [2.75, 3.05) is 0 Å². The number of carboxylic acid groups (broad SMARTS) is 1. The Balaban J connectivity index is 1.82. The fourth-order valence-corrected chi connectivity index (χ4v) is 2.91. The topological polar surface area (TPSA) is 95.5 Å². The number of carbonyl (C=O) groups excluding carboxylic acids is 2. The molecule has 0 aromatic heterocycles. The Morgan fingerprint density at radius 1 is 0.929 bits per heavy atom. The highest BCUT2D eigenvalue weighted by Gasteiger charge is 2.21. The van der Waals surface area contributed by atoms with Crippen molar-refractivity contribution in [3.05, 3.63) is 71.3 Å². The highest BCUT2D eigenvalue weighted by atomic mass is 16.4. The first kappa shape index (κ1) is 21.2. The third-order valence-corrected chi connectivity index (χ3v) is 4.41. The minimum atomic E-state index is -1.10. The van der Waals surface area contributed by atoms with Gasteiger partial charge in [-0.15, -0.1) is 0 Å². The molecule has 28 heavy (non-hydrogen) atoms. The largest absolute Gasteiger partial charge is 0.480 e. The van der Waals surface area contributed by atoms with E-state index >= 15 is 0 Å². The molecule has 0 aliphatic carbocycles. The quantitative estimate of drug-likeness (QED) is 0.621. The minimum absolute atomic E-state index is 0.000207. The average molecular weight is 382 g/mol. The third-order valence-electron chi connectivity index (χ3n) is 4.41. The average Bonchev–Trinajstić information content (AvgIpc) is 2.66. The molecule has 6 nitrogen and oxygen atoms in total. The second-order valence-electron chi connectivity index (χ2n) is 6.85. The molecule has 3 N–H and O–H groups in total. The van der Waals surface area contributed by atoms with Gasteiger partial charge in [-0.3, -0.25) is 9.59 Å². The number of benzene rings is 2. The van der Waals surface area contributed by atoms with Crippen molar-refractivity contribution < 1.29 is 19.5 Å². The molecule has 0 spiro atoms. The number of hydrogen-bond donors (Lipinski definition) is 3. The Morgan fingerprint density at radius 2 is 1.57 bits per heavy atom. The number of nitrogens with one attached hydrogen (secondary N) is 2. The summed E-state index contributed by atoms with van der Waals surface area (Å²) in [7, 11) is 0. The SMILES string of the molecule is Cc1cccc(C[C@@H](NC(=O)CCC(=O)N[C@H](C)c2ccccc2)C(=O)O)c1. The summed E-state index contributed by atoms with van der Waals surface area (Å²) in [4.78, 5) is 35.7. The van der Waals surface area contributed by atoms with Crippen LogP contribution in [0, 0.1) is 6.92 Å². The molecule has 0 fully saturated rings. The van der Waals surface area contributed by atoms with Crippen molar-refractivity contribution in [1.82, 2.24) is 10.6 Å². The molecule has 0 unspecified atom stereocenters. The van der Waals surface area contributed by atoms with Gasteiger partial charge in [0.05, 0.1) is 6.04 Å². The van der Waals surface area contributed by atoms with Crippen LogP contribution in [0.5, 0.6) is 0 Å². The molecular weight excluding hydrogens is 356 g/mol. The van der Waals surface area contributed by atoms with E-state index in [-0.39, 0.29) is 31.2 Å². The molecule has 2 atom stereocenters. The first-order valence-electron chi connectivity index (χ1n) is 9.27. The van der Waals surface area contributed by atoms with Gasteiger partial charge in [0.1, 0.15) is 6.04 Å². The molecule has 6 heteroatoms. The summed E-state index contributed by atoms with van der Waals surface area (Å²) < 4.78 is 0. The zero-order valence-corrected chi connectivity index (χ0v) is 16.1. The van der Waals surface area contributed by atoms with E-state index in [0.717, 1.165) is 16.7 Å². The molecular formula is C22H26N2O4. The molecule has 0 heterocycles. The summed E-state index contributed by atoms with van der Waals surface area (Å²) in [5.41, 5.74) is 2.84. The van der Waals surface area contributed by atoms with E-state index in [4.69, 9.17) is 0 Å². The van der Waals surface area contributed by atoms with Gasteiger partial charge in [-0.1, -0.05) is 60.2 Å². The summed E-state index contributed by atoms with van der Waals surface area (Å²) >= 11 is 0. The van der Waals surface area contributed by atoms with Crippen molar-refractivity contribution in [2.45, 2.75) is 45.2 Å². The number of hydrogen-bond acceptors (Lipinski definition) is 3. The van der Waals surface area contributed by atoms with Crippen LogP contribution in [-0.2, 0) is 20.8 Å². The molecule has 0 radical (unpaired) electrons. The lowest BCUT2D eigenvalue weighted by molar-refractivity contribution is -0.141. The van der Waals surface area contributed by atoms with E-state index in [1.54, 1.807) is 0 Å². The Labute approximate surface area is 165 Å². The standard InChI is InChI=1S/C22H26N2O4/c1-15-7-6-8-17(13-15)14-19(22(27)28)24-21(26)12-11-20(25)23-16(2)18-9-4-3-5-10-18/h3-10,13,16,19H,11-12,14H2,1-2H3,(H,23,25)(H,24,26)(H,27,28)/t16-,19-/m1/s1. The molecule has 2 aromatic carbocycles. The van der Waals surface area contributed by atoms with E-state index < -0.39 is 17.9 Å². The maximum absolute atomic E-state index is 12.1. The first-order valence-corrected chi connectivity index (χ1v) is 9.27. The number of amides is 2. The fourth-order valence-electron chi connectivity index (χ4n) is 2.91. The molecule has 0 aliphatic rings. The Hall–Kier alpha value is -3.15. The number of carboxylic acids is 1. The molecule has 0 saturated carbocycles. The van der Waals surface area contributed by atoms with E-state index in [2.05, 4.69) is 10.6 Å². The van der Waals surface area contributed by atoms with Crippen molar-refractivity contribution in [3.8, 4) is 0 Å². The summed E-state index contributed by atoms with van der Waals surface area (Å²) in [6.07, 6.45) is 0.130. The van der Waals surface area contributed by atoms with Crippen LogP contribution in [-0.4, -0.2) is 28.9 Å². The van der Waals surface area contributed by atoms with Crippen LogP contribution in [0.3, 0.4) is 0 Å². The van der Waals surface area contributed by atoms with Gasteiger partial charge in [0.15, 0.2) is 0 Å². The van der Waals surface area contributed by atoms with Gasteiger partial charge < -0.3 is 15.7 Å². The van der Waals surface area contributed by atoms with Crippen molar-refractivity contribution >= 4 is 17.8 Å². The van der Waals surface area contributed by atoms with E-state index in [0.29, 0.717) is 0 Å². The number of rotatable bonds is 9. The second-order valence-corrected chi connectivity index (χ2v) is 6.85. The van der Waals surface area contributed by atoms with Crippen LogP contribution in [0.15, 0.2) is 54.6 Å². The predicted octanol–water partition coefficient (Wildman–Crippen LogP) is 2.76. The maximum atomic E-state index is 12.1. The van der Waals surface area contributed by atoms with E-state index in [1.165, 1.54) is 0 Å². The molecule has 2 rings (SSSR count). The first-order chi connectivity index (χ1) is 13.3. The van der Waals surface area contributed by atoms with Gasteiger partial charge >= 0.3 is 5.97 Å². The Kier molecular flexibility index (Phi) is 7.75. The lowest BCUT2D eigenvalue weighted by atomic mass is 10.0. The van der Waals surface area contributed by atoms with E-state index in [1.807, 2.05) is 68.4 Å². The van der Waals surface area contributed by atoms with Gasteiger partial charge in [0, 0.05) is 19.3 Å². The fraction of sp³-hybridized carbons (Fsp3) is 0.318. The third kappa shape index (κ3) is 6.87. The van der Waals surface area contributed by atoms with Crippen LogP contribution >= 0.6 is 0 Å². The highest BCUT2D eigenvalue weighted by Crippen LogP contribution is 2.11. The summed E-state index contributed by atoms with van der Waals surface area (Å²) in [6.45, 7) is 3.79. The lowest BCUT2D eigenvalue weighted by Gasteiger charge is -2.16. The summed E-state index contributed by atoms with van der Waals surface area (Å²) in [5.74, 6) is -1.81. The lowest BCUT2D eigenvalue weighted by Crippen LogP contribution is -2.42. The van der Waals surface area contributed by atoms with Gasteiger partial charge in [0.25, 0.3) is 0 Å². The Morgan fingerprint density at radius 3 is 2.18 bits per heavy atom. The zero-order chi connectivity index (χ0) is 20.5.